The number of aromatic amines is 1. The summed E-state index contributed by atoms with van der Waals surface area (Å²) in [5.74, 6) is 0.00686. The molecule has 0 spiro atoms. The molecule has 1 aromatic heterocycles. The van der Waals surface area contributed by atoms with Crippen LogP contribution in [0.4, 0.5) is 0 Å². The van der Waals surface area contributed by atoms with Gasteiger partial charge in [0.2, 0.25) is 5.91 Å². The van der Waals surface area contributed by atoms with Crippen molar-refractivity contribution in [2.75, 3.05) is 11.5 Å². The summed E-state index contributed by atoms with van der Waals surface area (Å²) in [6.07, 6.45) is 2.22. The van der Waals surface area contributed by atoms with Gasteiger partial charge in [-0.05, 0) is 31.0 Å². The zero-order chi connectivity index (χ0) is 18.0. The molecule has 1 fully saturated rings. The zero-order valence-corrected chi connectivity index (χ0v) is 16.7. The second kappa shape index (κ2) is 7.51. The summed E-state index contributed by atoms with van der Waals surface area (Å²) < 4.78 is 23.9. The molecule has 134 valence electrons. The molecule has 0 aliphatic carbocycles. The van der Waals surface area contributed by atoms with Gasteiger partial charge in [0.05, 0.1) is 28.6 Å². The summed E-state index contributed by atoms with van der Waals surface area (Å²) in [6.45, 7) is 1.78. The number of carbonyl (C=O) groups is 1. The van der Waals surface area contributed by atoms with Crippen LogP contribution in [0.2, 0.25) is 0 Å². The lowest BCUT2D eigenvalue weighted by atomic mass is 10.2. The standard InChI is InChI=1S/C16H18BrN3O3S2/c1-10(15(21)19-13-6-7-25(22,23)9-13)24-16-18-8-14(20-16)11-2-4-12(17)5-3-11/h2-5,8,10,13H,6-7,9H2,1H3,(H,18,20)(H,19,21)/t10-,13+/m0/s1. The Balaban J connectivity index is 1.58. The van der Waals surface area contributed by atoms with Crippen LogP contribution in [0.5, 0.6) is 0 Å². The van der Waals surface area contributed by atoms with Crippen LogP contribution >= 0.6 is 27.7 Å². The Hall–Kier alpha value is -1.32. The van der Waals surface area contributed by atoms with Crippen LogP contribution in [0.1, 0.15) is 13.3 Å². The highest BCUT2D eigenvalue weighted by atomic mass is 79.9. The highest BCUT2D eigenvalue weighted by Crippen LogP contribution is 2.25. The highest BCUT2D eigenvalue weighted by molar-refractivity contribution is 9.10. The molecule has 0 unspecified atom stereocenters. The number of nitrogens with zero attached hydrogens (tertiary/aromatic N) is 1. The minimum Gasteiger partial charge on any atom is -0.351 e. The van der Waals surface area contributed by atoms with Gasteiger partial charge in [-0.1, -0.05) is 39.8 Å². The van der Waals surface area contributed by atoms with Crippen LogP contribution in [0.25, 0.3) is 11.3 Å². The first-order valence-corrected chi connectivity index (χ1v) is 11.3. The van der Waals surface area contributed by atoms with Gasteiger partial charge in [-0.15, -0.1) is 0 Å². The van der Waals surface area contributed by atoms with Gasteiger partial charge in [0.1, 0.15) is 0 Å². The maximum Gasteiger partial charge on any atom is 0.233 e. The number of hydrogen-bond donors (Lipinski definition) is 2. The lowest BCUT2D eigenvalue weighted by Crippen LogP contribution is -2.39. The van der Waals surface area contributed by atoms with E-state index < -0.39 is 9.84 Å². The molecule has 2 heterocycles. The van der Waals surface area contributed by atoms with E-state index in [4.69, 9.17) is 0 Å². The van der Waals surface area contributed by atoms with Crippen LogP contribution in [0.3, 0.4) is 0 Å². The number of H-pyrrole nitrogens is 1. The molecule has 2 atom stereocenters. The Kier molecular flexibility index (Phi) is 5.55. The van der Waals surface area contributed by atoms with Crippen molar-refractivity contribution in [1.29, 1.82) is 0 Å². The number of nitrogens with one attached hydrogen (secondary N) is 2. The second-order valence-corrected chi connectivity index (χ2v) is 10.5. The number of amides is 1. The van der Waals surface area contributed by atoms with Gasteiger partial charge in [0.25, 0.3) is 0 Å². The molecule has 2 N–H and O–H groups in total. The van der Waals surface area contributed by atoms with E-state index in [0.29, 0.717) is 11.6 Å². The maximum absolute atomic E-state index is 12.3. The van der Waals surface area contributed by atoms with Crippen molar-refractivity contribution < 1.29 is 13.2 Å². The van der Waals surface area contributed by atoms with Gasteiger partial charge in [0.15, 0.2) is 15.0 Å². The lowest BCUT2D eigenvalue weighted by Gasteiger charge is -2.14. The fourth-order valence-corrected chi connectivity index (χ4v) is 5.32. The largest absolute Gasteiger partial charge is 0.351 e. The summed E-state index contributed by atoms with van der Waals surface area (Å²) >= 11 is 4.72. The van der Waals surface area contributed by atoms with Gasteiger partial charge in [0, 0.05) is 10.5 Å². The van der Waals surface area contributed by atoms with E-state index in [1.807, 2.05) is 24.3 Å². The fourth-order valence-electron chi connectivity index (χ4n) is 2.59. The number of carbonyl (C=O) groups excluding carboxylic acids is 1. The summed E-state index contributed by atoms with van der Waals surface area (Å²) in [5, 5.41) is 3.10. The van der Waals surface area contributed by atoms with Gasteiger partial charge in [-0.3, -0.25) is 4.79 Å². The third kappa shape index (κ3) is 4.86. The van der Waals surface area contributed by atoms with E-state index in [0.717, 1.165) is 15.7 Å². The first kappa shape index (κ1) is 18.5. The third-order valence-electron chi connectivity index (χ3n) is 3.94. The molecular weight excluding hydrogens is 426 g/mol. The molecule has 1 aliphatic heterocycles. The summed E-state index contributed by atoms with van der Waals surface area (Å²) in [4.78, 5) is 19.8. The molecule has 1 saturated heterocycles. The summed E-state index contributed by atoms with van der Waals surface area (Å²) in [5.41, 5.74) is 1.89. The van der Waals surface area contributed by atoms with Gasteiger partial charge >= 0.3 is 0 Å². The zero-order valence-electron chi connectivity index (χ0n) is 13.5. The molecule has 1 amide bonds. The van der Waals surface area contributed by atoms with Crippen molar-refractivity contribution in [1.82, 2.24) is 15.3 Å². The smallest absolute Gasteiger partial charge is 0.233 e. The Labute approximate surface area is 159 Å². The van der Waals surface area contributed by atoms with Crippen LogP contribution in [-0.4, -0.2) is 47.1 Å². The number of imidazole rings is 1. The number of rotatable bonds is 5. The predicted octanol–water partition coefficient (Wildman–Crippen LogP) is 2.62. The quantitative estimate of drug-likeness (QED) is 0.692. The van der Waals surface area contributed by atoms with Crippen LogP contribution in [0, 0.1) is 0 Å². The van der Waals surface area contributed by atoms with E-state index in [-0.39, 0.29) is 28.7 Å². The Morgan fingerprint density at radius 3 is 2.76 bits per heavy atom. The number of benzene rings is 1. The second-order valence-electron chi connectivity index (χ2n) is 5.98. The third-order valence-corrected chi connectivity index (χ3v) is 7.24. The van der Waals surface area contributed by atoms with Gasteiger partial charge < -0.3 is 10.3 Å². The van der Waals surface area contributed by atoms with Crippen LogP contribution < -0.4 is 5.32 Å². The Bertz CT molecular complexity index is 865. The summed E-state index contributed by atoms with van der Waals surface area (Å²) in [6, 6.07) is 7.57. The monoisotopic (exact) mass is 443 g/mol. The van der Waals surface area contributed by atoms with Crippen LogP contribution in [-0.2, 0) is 14.6 Å². The molecule has 2 aromatic rings. The number of thioether (sulfide) groups is 1. The average Bonchev–Trinajstić information content (AvgIpc) is 3.14. The molecule has 3 rings (SSSR count). The van der Waals surface area contributed by atoms with E-state index in [1.54, 1.807) is 13.1 Å². The van der Waals surface area contributed by atoms with Crippen molar-refractivity contribution in [2.24, 2.45) is 0 Å². The molecular formula is C16H18BrN3O3S2. The summed E-state index contributed by atoms with van der Waals surface area (Å²) in [7, 11) is -3.00. The highest BCUT2D eigenvalue weighted by Gasteiger charge is 2.30. The van der Waals surface area contributed by atoms with E-state index in [9.17, 15) is 13.2 Å². The maximum atomic E-state index is 12.3. The van der Waals surface area contributed by atoms with Crippen molar-refractivity contribution in [3.8, 4) is 11.3 Å². The minimum atomic E-state index is -3.00. The van der Waals surface area contributed by atoms with Crippen molar-refractivity contribution >= 4 is 43.4 Å². The van der Waals surface area contributed by atoms with Crippen LogP contribution in [0.15, 0.2) is 40.1 Å². The number of aromatic nitrogens is 2. The molecule has 0 bridgehead atoms. The molecule has 25 heavy (non-hydrogen) atoms. The van der Waals surface area contributed by atoms with Crippen molar-refractivity contribution in [2.45, 2.75) is 29.8 Å². The molecule has 9 heteroatoms. The average molecular weight is 444 g/mol. The number of sulfone groups is 1. The molecule has 0 saturated carbocycles. The normalized spacial score (nSPS) is 20.3. The minimum absolute atomic E-state index is 0.0323. The Morgan fingerprint density at radius 2 is 2.12 bits per heavy atom. The van der Waals surface area contributed by atoms with Gasteiger partial charge in [-0.2, -0.15) is 0 Å². The fraction of sp³-hybridized carbons (Fsp3) is 0.375. The topological polar surface area (TPSA) is 91.9 Å². The van der Waals surface area contributed by atoms with Crippen molar-refractivity contribution in [3.63, 3.8) is 0 Å². The van der Waals surface area contributed by atoms with E-state index >= 15 is 0 Å². The van der Waals surface area contributed by atoms with E-state index in [1.165, 1.54) is 11.8 Å². The predicted molar refractivity (Wildman–Crippen MR) is 102 cm³/mol. The SMILES string of the molecule is C[C@H](Sc1ncc(-c2ccc(Br)cc2)[nH]1)C(=O)N[C@@H]1CCS(=O)(=O)C1. The Morgan fingerprint density at radius 1 is 1.40 bits per heavy atom. The molecule has 1 aliphatic rings. The first-order chi connectivity index (χ1) is 11.8. The number of halogens is 1. The first-order valence-electron chi connectivity index (χ1n) is 7.81. The molecule has 6 nitrogen and oxygen atoms in total. The van der Waals surface area contributed by atoms with Gasteiger partial charge in [-0.25, -0.2) is 13.4 Å². The number of hydrogen-bond acceptors (Lipinski definition) is 5. The molecule has 1 aromatic carbocycles. The lowest BCUT2D eigenvalue weighted by molar-refractivity contribution is -0.120. The van der Waals surface area contributed by atoms with Crippen molar-refractivity contribution in [3.05, 3.63) is 34.9 Å². The molecule has 0 radical (unpaired) electrons. The van der Waals surface area contributed by atoms with E-state index in [2.05, 4.69) is 31.2 Å².